The zero-order valence-corrected chi connectivity index (χ0v) is 22.0. The molecule has 0 aromatic heterocycles. The molecule has 0 spiro atoms. The first-order valence-electron chi connectivity index (χ1n) is 13.0. The number of fused-ring (bicyclic) bond motifs is 2. The number of aliphatic hydroxyl groups excluding tert-OH is 1. The van der Waals surface area contributed by atoms with Crippen LogP contribution in [0.15, 0.2) is 0 Å². The number of alkyl halides is 2. The fourth-order valence-corrected chi connectivity index (χ4v) is 5.14. The van der Waals surface area contributed by atoms with E-state index < -0.39 is 71.5 Å². The topological polar surface area (TPSA) is 134 Å². The van der Waals surface area contributed by atoms with Gasteiger partial charge in [0.25, 0.3) is 5.91 Å². The van der Waals surface area contributed by atoms with Gasteiger partial charge in [0.15, 0.2) is 0 Å². The van der Waals surface area contributed by atoms with E-state index in [0.29, 0.717) is 19.3 Å². The van der Waals surface area contributed by atoms with Gasteiger partial charge in [-0.25, -0.2) is 18.4 Å². The molecule has 1 saturated carbocycles. The first-order chi connectivity index (χ1) is 17.2. The van der Waals surface area contributed by atoms with Crippen LogP contribution in [-0.4, -0.2) is 82.3 Å². The van der Waals surface area contributed by atoms with E-state index in [1.165, 1.54) is 0 Å². The number of rotatable bonds is 3. The molecule has 3 rings (SSSR count). The molecule has 3 N–H and O–H groups in total. The van der Waals surface area contributed by atoms with Crippen LogP contribution in [0, 0.1) is 5.92 Å². The van der Waals surface area contributed by atoms with Crippen LogP contribution in [-0.2, 0) is 23.9 Å². The lowest BCUT2D eigenvalue weighted by Crippen LogP contribution is -2.65. The Bertz CT molecular complexity index is 894. The third-order valence-electron chi connectivity index (χ3n) is 6.96. The van der Waals surface area contributed by atoms with Crippen LogP contribution in [0.25, 0.3) is 0 Å². The smallest absolute Gasteiger partial charge is 0.408 e. The van der Waals surface area contributed by atoms with Crippen molar-refractivity contribution >= 4 is 23.9 Å². The molecule has 0 aromatic rings. The first kappa shape index (κ1) is 29.1. The molecule has 37 heavy (non-hydrogen) atoms. The standard InChI is InChI=1S/C25H39F2N3O7/c1-5-36-21(34)25-13-16(31)14-30(25)19(32)17(29-22(35)37-23(2,3)4)9-7-6-8-10-24(26,27)12-15-11-18(15)28-20(25)33/h15-18,31H,5-14H2,1-4H3,(H,28,33)(H,29,35)/t15-,16-,17-,18+,25-/m0/s1. The van der Waals surface area contributed by atoms with Gasteiger partial charge in [-0.05, 0) is 52.9 Å². The summed E-state index contributed by atoms with van der Waals surface area (Å²) in [5, 5.41) is 15.7. The van der Waals surface area contributed by atoms with Crippen molar-refractivity contribution in [1.82, 2.24) is 15.5 Å². The number of amides is 3. The predicted molar refractivity (Wildman–Crippen MR) is 128 cm³/mol. The van der Waals surface area contributed by atoms with Crippen LogP contribution in [0.5, 0.6) is 0 Å². The monoisotopic (exact) mass is 531 g/mol. The van der Waals surface area contributed by atoms with Crippen LogP contribution in [0.2, 0.25) is 0 Å². The summed E-state index contributed by atoms with van der Waals surface area (Å²) in [4.78, 5) is 54.1. The maximum absolute atomic E-state index is 14.5. The third kappa shape index (κ3) is 7.08. The lowest BCUT2D eigenvalue weighted by atomic mass is 9.92. The second-order valence-electron chi connectivity index (χ2n) is 11.3. The predicted octanol–water partition coefficient (Wildman–Crippen LogP) is 2.27. The van der Waals surface area contributed by atoms with Gasteiger partial charge in [0, 0.05) is 31.8 Å². The number of ether oxygens (including phenoxy) is 2. The minimum atomic E-state index is -2.90. The number of halogens is 2. The van der Waals surface area contributed by atoms with Gasteiger partial charge in [0.05, 0.1) is 12.7 Å². The first-order valence-corrected chi connectivity index (χ1v) is 13.0. The summed E-state index contributed by atoms with van der Waals surface area (Å²) in [6.45, 7) is 6.10. The van der Waals surface area contributed by atoms with Crippen molar-refractivity contribution in [2.75, 3.05) is 13.2 Å². The molecule has 1 aliphatic carbocycles. The number of aliphatic hydroxyl groups is 1. The fraction of sp³-hybridized carbons (Fsp3) is 0.840. The van der Waals surface area contributed by atoms with Crippen LogP contribution < -0.4 is 10.6 Å². The Hall–Kier alpha value is -2.50. The molecule has 3 aliphatic rings. The minimum Gasteiger partial charge on any atom is -0.464 e. The molecule has 2 aliphatic heterocycles. The fourth-order valence-electron chi connectivity index (χ4n) is 5.14. The number of nitrogens with zero attached hydrogens (tertiary/aromatic N) is 1. The molecule has 0 aromatic carbocycles. The maximum Gasteiger partial charge on any atom is 0.408 e. The lowest BCUT2D eigenvalue weighted by Gasteiger charge is -2.36. The largest absolute Gasteiger partial charge is 0.464 e. The number of alkyl carbamates (subject to hydrolysis) is 1. The quantitative estimate of drug-likeness (QED) is 0.376. The molecule has 3 amide bonds. The number of nitrogens with one attached hydrogen (secondary N) is 2. The van der Waals surface area contributed by atoms with Crippen LogP contribution in [0.4, 0.5) is 13.6 Å². The van der Waals surface area contributed by atoms with E-state index in [1.54, 1.807) is 27.7 Å². The van der Waals surface area contributed by atoms with E-state index in [-0.39, 0.29) is 38.8 Å². The van der Waals surface area contributed by atoms with Crippen molar-refractivity contribution < 1.29 is 42.5 Å². The summed E-state index contributed by atoms with van der Waals surface area (Å²) >= 11 is 0. The van der Waals surface area contributed by atoms with Gasteiger partial charge in [-0.3, -0.25) is 9.59 Å². The normalized spacial score (nSPS) is 32.7. The zero-order valence-electron chi connectivity index (χ0n) is 22.0. The third-order valence-corrected chi connectivity index (χ3v) is 6.96. The van der Waals surface area contributed by atoms with Crippen LogP contribution in [0.3, 0.4) is 0 Å². The highest BCUT2D eigenvalue weighted by Gasteiger charge is 2.61. The second kappa shape index (κ2) is 11.1. The van der Waals surface area contributed by atoms with E-state index in [9.17, 15) is 33.1 Å². The van der Waals surface area contributed by atoms with Crippen molar-refractivity contribution in [2.24, 2.45) is 5.92 Å². The van der Waals surface area contributed by atoms with Gasteiger partial charge in [-0.2, -0.15) is 0 Å². The number of hydrogen-bond acceptors (Lipinski definition) is 7. The van der Waals surface area contributed by atoms with E-state index in [0.717, 1.165) is 4.90 Å². The molecule has 12 heteroatoms. The highest BCUT2D eigenvalue weighted by molar-refractivity contribution is 6.11. The molecule has 3 fully saturated rings. The number of hydrogen-bond donors (Lipinski definition) is 3. The SMILES string of the molecule is CCOC(=O)[C@@]12C[C@H](O)CN1C(=O)[C@@H](NC(=O)OC(C)(C)C)CCCCCC(F)(F)C[C@@H]1C[C@H]1NC2=O. The van der Waals surface area contributed by atoms with Crippen molar-refractivity contribution in [2.45, 2.75) is 114 Å². The van der Waals surface area contributed by atoms with Gasteiger partial charge in [0.2, 0.25) is 17.4 Å². The van der Waals surface area contributed by atoms with Crippen molar-refractivity contribution in [3.8, 4) is 0 Å². The van der Waals surface area contributed by atoms with Crippen molar-refractivity contribution in [3.05, 3.63) is 0 Å². The number of carbonyl (C=O) groups excluding carboxylic acids is 4. The number of esters is 1. The molecule has 0 radical (unpaired) electrons. The summed E-state index contributed by atoms with van der Waals surface area (Å²) in [6.07, 6.45) is -1.81. The highest BCUT2D eigenvalue weighted by atomic mass is 19.3. The molecular formula is C25H39F2N3O7. The Morgan fingerprint density at radius 2 is 1.89 bits per heavy atom. The Morgan fingerprint density at radius 1 is 1.19 bits per heavy atom. The van der Waals surface area contributed by atoms with E-state index in [1.807, 2.05) is 0 Å². The molecule has 0 bridgehead atoms. The average molecular weight is 532 g/mol. The summed E-state index contributed by atoms with van der Waals surface area (Å²) in [7, 11) is 0. The average Bonchev–Trinajstić information content (AvgIpc) is 3.36. The minimum absolute atomic E-state index is 0.0714. The molecule has 210 valence electrons. The molecule has 2 saturated heterocycles. The number of carbonyl (C=O) groups is 4. The maximum atomic E-state index is 14.5. The zero-order chi connectivity index (χ0) is 27.6. The van der Waals surface area contributed by atoms with Crippen molar-refractivity contribution in [3.63, 3.8) is 0 Å². The van der Waals surface area contributed by atoms with E-state index in [2.05, 4.69) is 10.6 Å². The Kier molecular flexibility index (Phi) is 8.71. The highest BCUT2D eigenvalue weighted by Crippen LogP contribution is 2.43. The van der Waals surface area contributed by atoms with Crippen LogP contribution >= 0.6 is 0 Å². The second-order valence-corrected chi connectivity index (χ2v) is 11.3. The summed E-state index contributed by atoms with van der Waals surface area (Å²) < 4.78 is 39.5. The van der Waals surface area contributed by atoms with Crippen LogP contribution in [0.1, 0.15) is 79.1 Å². The summed E-state index contributed by atoms with van der Waals surface area (Å²) in [5.74, 6) is -5.99. The molecule has 5 atom stereocenters. The van der Waals surface area contributed by atoms with Crippen molar-refractivity contribution in [1.29, 1.82) is 0 Å². The lowest BCUT2D eigenvalue weighted by molar-refractivity contribution is -0.167. The molecule has 10 nitrogen and oxygen atoms in total. The van der Waals surface area contributed by atoms with E-state index in [4.69, 9.17) is 9.47 Å². The van der Waals surface area contributed by atoms with E-state index >= 15 is 0 Å². The van der Waals surface area contributed by atoms with Gasteiger partial charge < -0.3 is 30.1 Å². The Balaban J connectivity index is 1.96. The molecule has 2 heterocycles. The van der Waals surface area contributed by atoms with Gasteiger partial charge in [0.1, 0.15) is 11.6 Å². The Labute approximate surface area is 215 Å². The Morgan fingerprint density at radius 3 is 2.54 bits per heavy atom. The molecule has 0 unspecified atom stereocenters. The van der Waals surface area contributed by atoms with Gasteiger partial charge in [-0.1, -0.05) is 12.8 Å². The van der Waals surface area contributed by atoms with Gasteiger partial charge in [-0.15, -0.1) is 0 Å². The summed E-state index contributed by atoms with van der Waals surface area (Å²) in [5.41, 5.74) is -3.03. The number of β-amino-alcohol motifs (C(OH)–C–C–N with tert-alkyl or cyclic N) is 1. The summed E-state index contributed by atoms with van der Waals surface area (Å²) in [6, 6.07) is -1.78. The molecular weight excluding hydrogens is 492 g/mol. The van der Waals surface area contributed by atoms with Gasteiger partial charge >= 0.3 is 12.1 Å².